The Balaban J connectivity index is 1.50. The molecule has 1 aromatic heterocycles. The van der Waals surface area contributed by atoms with E-state index in [0.29, 0.717) is 10.8 Å². The second-order valence-corrected chi connectivity index (χ2v) is 6.44. The van der Waals surface area contributed by atoms with Crippen LogP contribution in [-0.2, 0) is 6.54 Å². The van der Waals surface area contributed by atoms with E-state index in [0.717, 1.165) is 38.4 Å². The standard InChI is InChI=1S/C17H18ClFN4S/c18-15-11-13(4-5-16(15)19)21-17(24)23-9-7-22(8-10-23)12-14-3-1-2-6-20-14/h1-6,11H,7-10,12H2,(H,21,24). The minimum Gasteiger partial charge on any atom is -0.346 e. The van der Waals surface area contributed by atoms with E-state index in [1.807, 2.05) is 24.4 Å². The van der Waals surface area contributed by atoms with Gasteiger partial charge in [-0.15, -0.1) is 0 Å². The summed E-state index contributed by atoms with van der Waals surface area (Å²) in [6, 6.07) is 10.5. The predicted molar refractivity (Wildman–Crippen MR) is 98.7 cm³/mol. The van der Waals surface area contributed by atoms with Gasteiger partial charge in [-0.3, -0.25) is 9.88 Å². The molecule has 1 fully saturated rings. The maximum atomic E-state index is 13.2. The number of aromatic nitrogens is 1. The summed E-state index contributed by atoms with van der Waals surface area (Å²) in [5.41, 5.74) is 1.77. The van der Waals surface area contributed by atoms with Crippen molar-refractivity contribution in [1.82, 2.24) is 14.8 Å². The number of pyridine rings is 1. The van der Waals surface area contributed by atoms with Gasteiger partial charge in [-0.05, 0) is 42.5 Å². The fraction of sp³-hybridized carbons (Fsp3) is 0.294. The number of hydrogen-bond donors (Lipinski definition) is 1. The number of thiocarbonyl (C=S) groups is 1. The fourth-order valence-electron chi connectivity index (χ4n) is 2.61. The second-order valence-electron chi connectivity index (χ2n) is 5.64. The first-order chi connectivity index (χ1) is 11.6. The van der Waals surface area contributed by atoms with Crippen molar-refractivity contribution >= 4 is 34.6 Å². The quantitative estimate of drug-likeness (QED) is 0.844. The van der Waals surface area contributed by atoms with Crippen LogP contribution in [0.3, 0.4) is 0 Å². The van der Waals surface area contributed by atoms with Crippen molar-refractivity contribution < 1.29 is 4.39 Å². The van der Waals surface area contributed by atoms with Crippen LogP contribution < -0.4 is 5.32 Å². The molecule has 0 unspecified atom stereocenters. The molecule has 0 aliphatic carbocycles. The molecule has 1 saturated heterocycles. The molecule has 1 aliphatic heterocycles. The van der Waals surface area contributed by atoms with Crippen molar-refractivity contribution in [2.75, 3.05) is 31.5 Å². The lowest BCUT2D eigenvalue weighted by molar-refractivity contribution is 0.175. The highest BCUT2D eigenvalue weighted by molar-refractivity contribution is 7.80. The molecule has 2 heterocycles. The number of benzene rings is 1. The average Bonchev–Trinajstić information content (AvgIpc) is 2.60. The normalized spacial score (nSPS) is 15.3. The Labute approximate surface area is 151 Å². The fourth-order valence-corrected chi connectivity index (χ4v) is 3.09. The van der Waals surface area contributed by atoms with Gasteiger partial charge in [-0.1, -0.05) is 17.7 Å². The molecule has 4 nitrogen and oxygen atoms in total. The number of nitrogens with zero attached hydrogens (tertiary/aromatic N) is 3. The van der Waals surface area contributed by atoms with E-state index >= 15 is 0 Å². The SMILES string of the molecule is Fc1ccc(NC(=S)N2CCN(Cc3ccccn3)CC2)cc1Cl. The number of halogens is 2. The molecule has 126 valence electrons. The Morgan fingerprint density at radius 1 is 1.21 bits per heavy atom. The number of nitrogens with one attached hydrogen (secondary N) is 1. The molecule has 1 aliphatic rings. The summed E-state index contributed by atoms with van der Waals surface area (Å²) in [6.45, 7) is 4.37. The molecular weight excluding hydrogens is 347 g/mol. The van der Waals surface area contributed by atoms with Crippen LogP contribution in [0.1, 0.15) is 5.69 Å². The molecule has 24 heavy (non-hydrogen) atoms. The maximum Gasteiger partial charge on any atom is 0.173 e. The van der Waals surface area contributed by atoms with Gasteiger partial charge < -0.3 is 10.2 Å². The van der Waals surface area contributed by atoms with Crippen LogP contribution in [0.2, 0.25) is 5.02 Å². The zero-order valence-corrected chi connectivity index (χ0v) is 14.7. The van der Waals surface area contributed by atoms with Gasteiger partial charge >= 0.3 is 0 Å². The van der Waals surface area contributed by atoms with Gasteiger partial charge in [0, 0.05) is 44.6 Å². The van der Waals surface area contributed by atoms with Crippen LogP contribution in [0.5, 0.6) is 0 Å². The van der Waals surface area contributed by atoms with Crippen LogP contribution >= 0.6 is 23.8 Å². The third kappa shape index (κ3) is 4.41. The number of piperazine rings is 1. The Morgan fingerprint density at radius 3 is 2.67 bits per heavy atom. The van der Waals surface area contributed by atoms with Crippen molar-refractivity contribution in [2.24, 2.45) is 0 Å². The first-order valence-corrected chi connectivity index (χ1v) is 8.54. The van der Waals surface area contributed by atoms with Crippen LogP contribution in [0.25, 0.3) is 0 Å². The monoisotopic (exact) mass is 364 g/mol. The Morgan fingerprint density at radius 2 is 2.00 bits per heavy atom. The molecule has 0 spiro atoms. The highest BCUT2D eigenvalue weighted by atomic mass is 35.5. The summed E-state index contributed by atoms with van der Waals surface area (Å²) in [5, 5.41) is 3.84. The van der Waals surface area contributed by atoms with E-state index < -0.39 is 5.82 Å². The van der Waals surface area contributed by atoms with E-state index in [1.165, 1.54) is 6.07 Å². The average molecular weight is 365 g/mol. The Kier molecular flexibility index (Phi) is 5.60. The molecule has 0 amide bonds. The maximum absolute atomic E-state index is 13.2. The molecule has 0 bridgehead atoms. The second kappa shape index (κ2) is 7.88. The van der Waals surface area contributed by atoms with Crippen LogP contribution in [-0.4, -0.2) is 46.1 Å². The lowest BCUT2D eigenvalue weighted by atomic mass is 10.2. The molecule has 0 saturated carbocycles. The van der Waals surface area contributed by atoms with Gasteiger partial charge in [0.1, 0.15) is 5.82 Å². The summed E-state index contributed by atoms with van der Waals surface area (Å²) in [7, 11) is 0. The number of rotatable bonds is 3. The van der Waals surface area contributed by atoms with E-state index in [9.17, 15) is 4.39 Å². The largest absolute Gasteiger partial charge is 0.346 e. The molecule has 2 aromatic rings. The Hall–Kier alpha value is -1.76. The van der Waals surface area contributed by atoms with Crippen LogP contribution in [0, 0.1) is 5.82 Å². The van der Waals surface area contributed by atoms with Gasteiger partial charge in [0.25, 0.3) is 0 Å². The summed E-state index contributed by atoms with van der Waals surface area (Å²) in [4.78, 5) is 8.83. The molecule has 1 N–H and O–H groups in total. The zero-order valence-electron chi connectivity index (χ0n) is 13.1. The first-order valence-electron chi connectivity index (χ1n) is 7.75. The predicted octanol–water partition coefficient (Wildman–Crippen LogP) is 3.39. The van der Waals surface area contributed by atoms with E-state index in [2.05, 4.69) is 20.1 Å². The van der Waals surface area contributed by atoms with Crippen molar-refractivity contribution in [1.29, 1.82) is 0 Å². The number of anilines is 1. The van der Waals surface area contributed by atoms with Crippen LogP contribution in [0.4, 0.5) is 10.1 Å². The summed E-state index contributed by atoms with van der Waals surface area (Å²) in [6.07, 6.45) is 1.82. The van der Waals surface area contributed by atoms with Gasteiger partial charge in [0.2, 0.25) is 0 Å². The van der Waals surface area contributed by atoms with Gasteiger partial charge in [-0.25, -0.2) is 4.39 Å². The van der Waals surface area contributed by atoms with Crippen molar-refractivity contribution in [3.63, 3.8) is 0 Å². The minimum atomic E-state index is -0.434. The van der Waals surface area contributed by atoms with Crippen LogP contribution in [0.15, 0.2) is 42.6 Å². The van der Waals surface area contributed by atoms with Crippen molar-refractivity contribution in [3.8, 4) is 0 Å². The van der Waals surface area contributed by atoms with Gasteiger partial charge in [0.05, 0.1) is 10.7 Å². The molecular formula is C17H18ClFN4S. The molecule has 0 atom stereocenters. The summed E-state index contributed by atoms with van der Waals surface area (Å²) >= 11 is 11.2. The smallest absolute Gasteiger partial charge is 0.173 e. The van der Waals surface area contributed by atoms with Crippen molar-refractivity contribution in [2.45, 2.75) is 6.54 Å². The van der Waals surface area contributed by atoms with E-state index in [4.69, 9.17) is 23.8 Å². The molecule has 3 rings (SSSR count). The highest BCUT2D eigenvalue weighted by Crippen LogP contribution is 2.20. The molecule has 7 heteroatoms. The Bertz CT molecular complexity index is 705. The lowest BCUT2D eigenvalue weighted by Crippen LogP contribution is -2.49. The third-order valence-electron chi connectivity index (χ3n) is 3.94. The van der Waals surface area contributed by atoms with Gasteiger partial charge in [-0.2, -0.15) is 0 Å². The topological polar surface area (TPSA) is 31.4 Å². The van der Waals surface area contributed by atoms with Gasteiger partial charge in [0.15, 0.2) is 5.11 Å². The molecule has 1 aromatic carbocycles. The zero-order chi connectivity index (χ0) is 16.9. The van der Waals surface area contributed by atoms with Crippen molar-refractivity contribution in [3.05, 3.63) is 59.1 Å². The van der Waals surface area contributed by atoms with E-state index in [-0.39, 0.29) is 5.02 Å². The summed E-state index contributed by atoms with van der Waals surface area (Å²) in [5.74, 6) is -0.434. The third-order valence-corrected chi connectivity index (χ3v) is 4.59. The summed E-state index contributed by atoms with van der Waals surface area (Å²) < 4.78 is 13.2. The number of hydrogen-bond acceptors (Lipinski definition) is 3. The molecule has 0 radical (unpaired) electrons. The first kappa shape index (κ1) is 17.1. The van der Waals surface area contributed by atoms with E-state index in [1.54, 1.807) is 12.1 Å². The lowest BCUT2D eigenvalue weighted by Gasteiger charge is -2.36. The highest BCUT2D eigenvalue weighted by Gasteiger charge is 2.19. The minimum absolute atomic E-state index is 0.0861.